The van der Waals surface area contributed by atoms with Crippen LogP contribution in [0.1, 0.15) is 30.7 Å². The summed E-state index contributed by atoms with van der Waals surface area (Å²) in [6.07, 6.45) is 1.66. The summed E-state index contributed by atoms with van der Waals surface area (Å²) < 4.78 is 5.64. The van der Waals surface area contributed by atoms with Crippen LogP contribution in [0.2, 0.25) is 0 Å². The average Bonchev–Trinajstić information content (AvgIpc) is 2.68. The fourth-order valence-corrected chi connectivity index (χ4v) is 3.74. The Balaban J connectivity index is 1.65. The lowest BCUT2D eigenvalue weighted by atomic mass is 9.98. The summed E-state index contributed by atoms with van der Waals surface area (Å²) in [5.74, 6) is -1.01. The highest BCUT2D eigenvalue weighted by atomic mass is 16.5. The number of aliphatic hydroxyl groups excluding tert-OH is 2. The Hall–Kier alpha value is -1.43. The van der Waals surface area contributed by atoms with Crippen LogP contribution in [0.4, 0.5) is 0 Å². The second-order valence-corrected chi connectivity index (χ2v) is 6.37. The minimum absolute atomic E-state index is 0.0702. The van der Waals surface area contributed by atoms with E-state index in [1.807, 2.05) is 37.4 Å². The zero-order valence-electron chi connectivity index (χ0n) is 12.8. The molecule has 3 rings (SSSR count). The van der Waals surface area contributed by atoms with Crippen LogP contribution in [-0.4, -0.2) is 59.0 Å². The van der Waals surface area contributed by atoms with Gasteiger partial charge in [-0.15, -0.1) is 0 Å². The first kappa shape index (κ1) is 15.5. The van der Waals surface area contributed by atoms with E-state index in [1.165, 1.54) is 0 Å². The maximum Gasteiger partial charge on any atom is 0.316 e. The van der Waals surface area contributed by atoms with Gasteiger partial charge >= 0.3 is 5.97 Å². The van der Waals surface area contributed by atoms with Crippen molar-refractivity contribution in [3.05, 3.63) is 35.9 Å². The molecule has 5 atom stereocenters. The highest BCUT2D eigenvalue weighted by molar-refractivity contribution is 5.78. The second kappa shape index (κ2) is 6.36. The number of nitrogens with zero attached hydrogens (tertiary/aromatic N) is 1. The lowest BCUT2D eigenvalue weighted by Gasteiger charge is -2.36. The van der Waals surface area contributed by atoms with E-state index < -0.39 is 5.92 Å². The third-order valence-corrected chi connectivity index (χ3v) is 5.05. The number of benzene rings is 1. The van der Waals surface area contributed by atoms with Crippen molar-refractivity contribution in [1.82, 2.24) is 4.90 Å². The predicted molar refractivity (Wildman–Crippen MR) is 81.3 cm³/mol. The lowest BCUT2D eigenvalue weighted by Crippen LogP contribution is -2.45. The Morgan fingerprint density at radius 3 is 2.68 bits per heavy atom. The molecule has 2 saturated heterocycles. The Morgan fingerprint density at radius 1 is 1.32 bits per heavy atom. The SMILES string of the molecule is CN1[C@@H]2C[C@H](OC(=O)C(CO)c3ccccc3)C[C@H]1[C@@H](O)C2. The van der Waals surface area contributed by atoms with E-state index in [2.05, 4.69) is 4.90 Å². The number of likely N-dealkylation sites (N-methyl/N-ethyl adjacent to an activating group) is 1. The van der Waals surface area contributed by atoms with Crippen molar-refractivity contribution in [2.45, 2.75) is 49.5 Å². The highest BCUT2D eigenvalue weighted by Crippen LogP contribution is 2.36. The van der Waals surface area contributed by atoms with Crippen molar-refractivity contribution in [2.24, 2.45) is 0 Å². The number of hydrogen-bond donors (Lipinski definition) is 2. The molecule has 0 aromatic heterocycles. The van der Waals surface area contributed by atoms with Crippen LogP contribution in [0.5, 0.6) is 0 Å². The first-order chi connectivity index (χ1) is 10.6. The van der Waals surface area contributed by atoms with Crippen molar-refractivity contribution < 1.29 is 19.7 Å². The van der Waals surface area contributed by atoms with E-state index in [0.717, 1.165) is 18.4 Å². The van der Waals surface area contributed by atoms with Gasteiger partial charge in [0.2, 0.25) is 0 Å². The number of aliphatic hydroxyl groups is 2. The zero-order chi connectivity index (χ0) is 15.7. The molecule has 120 valence electrons. The fraction of sp³-hybridized carbons (Fsp3) is 0.588. The molecule has 0 radical (unpaired) electrons. The van der Waals surface area contributed by atoms with E-state index in [9.17, 15) is 15.0 Å². The van der Waals surface area contributed by atoms with Gasteiger partial charge in [-0.05, 0) is 19.0 Å². The maximum absolute atomic E-state index is 12.4. The lowest BCUT2D eigenvalue weighted by molar-refractivity contribution is -0.155. The Bertz CT molecular complexity index is 521. The van der Waals surface area contributed by atoms with Gasteiger partial charge in [0.05, 0.1) is 12.7 Å². The van der Waals surface area contributed by atoms with Crippen LogP contribution in [-0.2, 0) is 9.53 Å². The molecule has 2 heterocycles. The molecule has 2 bridgehead atoms. The van der Waals surface area contributed by atoms with Gasteiger partial charge < -0.3 is 14.9 Å². The monoisotopic (exact) mass is 305 g/mol. The number of rotatable bonds is 4. The molecule has 0 saturated carbocycles. The molecular weight excluding hydrogens is 282 g/mol. The summed E-state index contributed by atoms with van der Waals surface area (Å²) >= 11 is 0. The highest BCUT2D eigenvalue weighted by Gasteiger charge is 2.45. The smallest absolute Gasteiger partial charge is 0.316 e. The van der Waals surface area contributed by atoms with Crippen molar-refractivity contribution in [3.8, 4) is 0 Å². The van der Waals surface area contributed by atoms with Gasteiger partial charge in [0.1, 0.15) is 12.0 Å². The number of carbonyl (C=O) groups is 1. The fourth-order valence-electron chi connectivity index (χ4n) is 3.74. The van der Waals surface area contributed by atoms with Crippen molar-refractivity contribution in [1.29, 1.82) is 0 Å². The summed E-state index contributed by atoms with van der Waals surface area (Å²) in [6.45, 7) is -0.259. The van der Waals surface area contributed by atoms with E-state index in [4.69, 9.17) is 4.74 Å². The predicted octanol–water partition coefficient (Wildman–Crippen LogP) is 0.902. The van der Waals surface area contributed by atoms with Crippen LogP contribution in [0.3, 0.4) is 0 Å². The molecule has 0 spiro atoms. The Kier molecular flexibility index (Phi) is 4.47. The Labute approximate surface area is 130 Å². The molecule has 1 aromatic rings. The average molecular weight is 305 g/mol. The summed E-state index contributed by atoms with van der Waals surface area (Å²) in [6, 6.07) is 9.56. The second-order valence-electron chi connectivity index (χ2n) is 6.37. The van der Waals surface area contributed by atoms with E-state index in [1.54, 1.807) is 0 Å². The molecule has 0 amide bonds. The van der Waals surface area contributed by atoms with Gasteiger partial charge in [0.15, 0.2) is 0 Å². The first-order valence-corrected chi connectivity index (χ1v) is 7.86. The van der Waals surface area contributed by atoms with Crippen LogP contribution in [0.25, 0.3) is 0 Å². The molecule has 5 nitrogen and oxygen atoms in total. The van der Waals surface area contributed by atoms with Crippen molar-refractivity contribution >= 4 is 5.97 Å². The molecule has 1 aromatic carbocycles. The molecule has 2 aliphatic rings. The molecule has 0 aliphatic carbocycles. The largest absolute Gasteiger partial charge is 0.462 e. The normalized spacial score (nSPS) is 32.7. The number of carbonyl (C=O) groups excluding carboxylic acids is 1. The van der Waals surface area contributed by atoms with Crippen LogP contribution in [0, 0.1) is 0 Å². The van der Waals surface area contributed by atoms with Crippen molar-refractivity contribution in [3.63, 3.8) is 0 Å². The summed E-state index contributed by atoms with van der Waals surface area (Å²) in [4.78, 5) is 14.6. The van der Waals surface area contributed by atoms with E-state index in [0.29, 0.717) is 6.42 Å². The maximum atomic E-state index is 12.4. The molecule has 5 heteroatoms. The summed E-state index contributed by atoms with van der Waals surface area (Å²) in [7, 11) is 2.02. The van der Waals surface area contributed by atoms with Gasteiger partial charge in [-0.2, -0.15) is 0 Å². The number of piperidine rings is 1. The molecule has 1 unspecified atom stereocenters. The first-order valence-electron chi connectivity index (χ1n) is 7.86. The molecule has 22 heavy (non-hydrogen) atoms. The minimum Gasteiger partial charge on any atom is -0.462 e. The van der Waals surface area contributed by atoms with E-state index >= 15 is 0 Å². The van der Waals surface area contributed by atoms with Crippen molar-refractivity contribution in [2.75, 3.05) is 13.7 Å². The summed E-state index contributed by atoms with van der Waals surface area (Å²) in [5, 5.41) is 19.6. The topological polar surface area (TPSA) is 70.0 Å². The van der Waals surface area contributed by atoms with Crippen LogP contribution >= 0.6 is 0 Å². The number of hydrogen-bond acceptors (Lipinski definition) is 5. The standard InChI is InChI=1S/C17H23NO4/c1-18-12-7-13(9-15(18)16(20)8-12)22-17(21)14(10-19)11-5-3-2-4-6-11/h2-6,12-16,19-20H,7-10H2,1H3/t12-,13+,14?,15+,16+/m1/s1. The van der Waals surface area contributed by atoms with Gasteiger partial charge in [0, 0.05) is 24.9 Å². The molecular formula is C17H23NO4. The molecule has 2 N–H and O–H groups in total. The molecule has 2 fully saturated rings. The third kappa shape index (κ3) is 2.89. The van der Waals surface area contributed by atoms with Gasteiger partial charge in [-0.1, -0.05) is 30.3 Å². The Morgan fingerprint density at radius 2 is 2.05 bits per heavy atom. The van der Waals surface area contributed by atoms with Gasteiger partial charge in [-0.25, -0.2) is 0 Å². The van der Waals surface area contributed by atoms with Crippen LogP contribution in [0.15, 0.2) is 30.3 Å². The van der Waals surface area contributed by atoms with E-state index in [-0.39, 0.29) is 36.9 Å². The number of esters is 1. The molecule has 2 aliphatic heterocycles. The van der Waals surface area contributed by atoms with Crippen LogP contribution < -0.4 is 0 Å². The van der Waals surface area contributed by atoms with Gasteiger partial charge in [0.25, 0.3) is 0 Å². The minimum atomic E-state index is -0.636. The quantitative estimate of drug-likeness (QED) is 0.809. The third-order valence-electron chi connectivity index (χ3n) is 5.05. The van der Waals surface area contributed by atoms with Gasteiger partial charge in [-0.3, -0.25) is 9.69 Å². The zero-order valence-corrected chi connectivity index (χ0v) is 12.8. The number of ether oxygens (including phenoxy) is 1. The number of fused-ring (bicyclic) bond motifs is 2. The summed E-state index contributed by atoms with van der Waals surface area (Å²) in [5.41, 5.74) is 0.769.